The van der Waals surface area contributed by atoms with Gasteiger partial charge in [0.15, 0.2) is 0 Å². The van der Waals surface area contributed by atoms with Gasteiger partial charge in [0, 0.05) is 36.4 Å². The molecule has 3 aromatic carbocycles. The number of nitrogens with zero attached hydrogens (tertiary/aromatic N) is 1. The Bertz CT molecular complexity index is 1630. The van der Waals surface area contributed by atoms with Crippen LogP contribution in [0.1, 0.15) is 108 Å². The second-order valence-electron chi connectivity index (χ2n) is 15.3. The first-order valence-electron chi connectivity index (χ1n) is 18.0. The molecular weight excluding hydrogens is 598 g/mol. The van der Waals surface area contributed by atoms with Gasteiger partial charge in [-0.05, 0) is 93.2 Å². The molecule has 3 aliphatic rings. The predicted octanol–water partition coefficient (Wildman–Crippen LogP) is 7.69. The zero-order valence-electron chi connectivity index (χ0n) is 28.9. The highest BCUT2D eigenvalue weighted by molar-refractivity contribution is 5.99. The van der Waals surface area contributed by atoms with Crippen molar-refractivity contribution < 1.29 is 14.3 Å². The summed E-state index contributed by atoms with van der Waals surface area (Å²) in [6.45, 7) is 6.88. The third-order valence-corrected chi connectivity index (χ3v) is 10.8. The van der Waals surface area contributed by atoms with Gasteiger partial charge in [0.25, 0.3) is 0 Å². The van der Waals surface area contributed by atoms with Crippen LogP contribution in [0, 0.1) is 11.3 Å². The number of amides is 2. The fourth-order valence-electron chi connectivity index (χ4n) is 8.43. The second kappa shape index (κ2) is 14.2. The molecule has 1 unspecified atom stereocenters. The zero-order valence-corrected chi connectivity index (χ0v) is 28.9. The molecule has 256 valence electrons. The van der Waals surface area contributed by atoms with Crippen molar-refractivity contribution in [3.63, 3.8) is 0 Å². The van der Waals surface area contributed by atoms with Crippen LogP contribution in [0.25, 0.3) is 10.8 Å². The van der Waals surface area contributed by atoms with E-state index in [1.807, 2.05) is 32.9 Å². The average Bonchev–Trinajstić information content (AvgIpc) is 3.35. The normalized spacial score (nSPS) is 23.5. The van der Waals surface area contributed by atoms with Crippen LogP contribution in [-0.4, -0.2) is 42.1 Å². The third kappa shape index (κ3) is 7.32. The van der Waals surface area contributed by atoms with Crippen LogP contribution in [-0.2, 0) is 21.5 Å². The van der Waals surface area contributed by atoms with E-state index in [2.05, 4.69) is 64.1 Å². The maximum atomic E-state index is 15.0. The number of fused-ring (bicyclic) bond motifs is 2. The SMILES string of the molecule is CC(C)(C)OC(=O)NC1CCC(NC(=O)C2(C3CCCCCCC3)CN(Cc3cccc4ccccc34)c3cc(C(=N)N)ccc32)CC1. The molecule has 48 heavy (non-hydrogen) atoms. The monoisotopic (exact) mass is 651 g/mol. The lowest BCUT2D eigenvalue weighted by molar-refractivity contribution is -0.129. The van der Waals surface area contributed by atoms with Crippen LogP contribution in [0.3, 0.4) is 0 Å². The maximum absolute atomic E-state index is 15.0. The lowest BCUT2D eigenvalue weighted by atomic mass is 9.66. The molecule has 2 amide bonds. The number of carbonyl (C=O) groups is 2. The van der Waals surface area contributed by atoms with Crippen LogP contribution >= 0.6 is 0 Å². The molecule has 1 heterocycles. The fraction of sp³-hybridized carbons (Fsp3) is 0.525. The van der Waals surface area contributed by atoms with E-state index in [-0.39, 0.29) is 35.8 Å². The number of rotatable bonds is 7. The van der Waals surface area contributed by atoms with Gasteiger partial charge in [-0.15, -0.1) is 0 Å². The number of hydrogen-bond donors (Lipinski definition) is 4. The topological polar surface area (TPSA) is 121 Å². The minimum absolute atomic E-state index is 0.0348. The summed E-state index contributed by atoms with van der Waals surface area (Å²) < 4.78 is 5.49. The number of ether oxygens (including phenoxy) is 1. The highest BCUT2D eigenvalue weighted by Crippen LogP contribution is 2.50. The molecule has 0 aromatic heterocycles. The molecule has 2 aliphatic carbocycles. The Morgan fingerprint density at radius 2 is 1.52 bits per heavy atom. The van der Waals surface area contributed by atoms with E-state index in [4.69, 9.17) is 15.9 Å². The Morgan fingerprint density at radius 3 is 2.21 bits per heavy atom. The average molecular weight is 652 g/mol. The van der Waals surface area contributed by atoms with Gasteiger partial charge in [-0.2, -0.15) is 0 Å². The molecule has 0 saturated heterocycles. The summed E-state index contributed by atoms with van der Waals surface area (Å²) >= 11 is 0. The van der Waals surface area contributed by atoms with Gasteiger partial charge >= 0.3 is 6.09 Å². The van der Waals surface area contributed by atoms with Crippen molar-refractivity contribution in [3.05, 3.63) is 77.4 Å². The number of carbonyl (C=O) groups excluding carboxylic acids is 2. The Labute approximate surface area is 285 Å². The molecule has 1 aliphatic heterocycles. The molecule has 8 heteroatoms. The number of nitrogens with two attached hydrogens (primary N) is 1. The second-order valence-corrected chi connectivity index (χ2v) is 15.3. The molecule has 2 saturated carbocycles. The van der Waals surface area contributed by atoms with Gasteiger partial charge < -0.3 is 26.0 Å². The number of benzene rings is 3. The van der Waals surface area contributed by atoms with Crippen molar-refractivity contribution in [3.8, 4) is 0 Å². The zero-order chi connectivity index (χ0) is 33.9. The highest BCUT2D eigenvalue weighted by Gasteiger charge is 2.53. The summed E-state index contributed by atoms with van der Waals surface area (Å²) in [5, 5.41) is 17.3. The first kappa shape index (κ1) is 33.8. The van der Waals surface area contributed by atoms with Crippen LogP contribution < -0.4 is 21.3 Å². The van der Waals surface area contributed by atoms with Gasteiger partial charge in [0.05, 0.1) is 5.41 Å². The molecule has 1 atom stereocenters. The number of amidine groups is 1. The number of anilines is 1. The van der Waals surface area contributed by atoms with Gasteiger partial charge in [-0.1, -0.05) is 86.7 Å². The molecule has 5 N–H and O–H groups in total. The first-order valence-corrected chi connectivity index (χ1v) is 18.0. The van der Waals surface area contributed by atoms with Gasteiger partial charge in [-0.25, -0.2) is 4.79 Å². The Balaban J connectivity index is 1.30. The smallest absolute Gasteiger partial charge is 0.407 e. The maximum Gasteiger partial charge on any atom is 0.407 e. The molecule has 0 spiro atoms. The lowest BCUT2D eigenvalue weighted by Gasteiger charge is -2.40. The minimum atomic E-state index is -0.710. The van der Waals surface area contributed by atoms with E-state index in [1.54, 1.807) is 0 Å². The van der Waals surface area contributed by atoms with Crippen LogP contribution in [0.4, 0.5) is 10.5 Å². The van der Waals surface area contributed by atoms with Crippen molar-refractivity contribution in [1.82, 2.24) is 10.6 Å². The molecule has 3 aromatic rings. The first-order chi connectivity index (χ1) is 23.0. The molecule has 6 rings (SSSR count). The molecule has 8 nitrogen and oxygen atoms in total. The third-order valence-electron chi connectivity index (χ3n) is 10.8. The Kier molecular flexibility index (Phi) is 10.00. The summed E-state index contributed by atoms with van der Waals surface area (Å²) in [5.74, 6) is 0.365. The van der Waals surface area contributed by atoms with E-state index < -0.39 is 11.0 Å². The van der Waals surface area contributed by atoms with Gasteiger partial charge in [0.2, 0.25) is 5.91 Å². The van der Waals surface area contributed by atoms with E-state index >= 15 is 4.79 Å². The van der Waals surface area contributed by atoms with Crippen molar-refractivity contribution in [2.45, 2.75) is 121 Å². The number of nitrogens with one attached hydrogen (secondary N) is 3. The van der Waals surface area contributed by atoms with E-state index in [1.165, 1.54) is 35.6 Å². The van der Waals surface area contributed by atoms with Crippen molar-refractivity contribution >= 4 is 34.3 Å². The summed E-state index contributed by atoms with van der Waals surface area (Å²) in [5.41, 5.74) is 8.77. The summed E-state index contributed by atoms with van der Waals surface area (Å²) in [4.78, 5) is 29.8. The van der Waals surface area contributed by atoms with Gasteiger partial charge in [-0.3, -0.25) is 10.2 Å². The van der Waals surface area contributed by atoms with E-state index in [0.29, 0.717) is 18.7 Å². The number of alkyl carbamates (subject to hydrolysis) is 1. The Morgan fingerprint density at radius 1 is 0.875 bits per heavy atom. The lowest BCUT2D eigenvalue weighted by Crippen LogP contribution is -2.55. The molecular formula is C40H53N5O3. The van der Waals surface area contributed by atoms with Crippen LogP contribution in [0.2, 0.25) is 0 Å². The van der Waals surface area contributed by atoms with Crippen molar-refractivity contribution in [1.29, 1.82) is 5.41 Å². The van der Waals surface area contributed by atoms with Crippen molar-refractivity contribution in [2.75, 3.05) is 11.4 Å². The van der Waals surface area contributed by atoms with Crippen LogP contribution in [0.5, 0.6) is 0 Å². The number of nitrogen functional groups attached to an aromatic ring is 1. The molecule has 0 radical (unpaired) electrons. The van der Waals surface area contributed by atoms with E-state index in [9.17, 15) is 4.79 Å². The molecule has 0 bridgehead atoms. The standard InChI is InChI=1S/C40H53N5O3/c1-39(2,3)48-38(47)44-32-21-19-31(20-22-32)43-37(46)40(30-15-7-5-4-6-8-16-30)26-45(35-24-28(36(41)42)18-23-34(35)40)25-29-14-11-13-27-12-9-10-17-33(27)29/h9-14,17-18,23-24,30-32H,4-8,15-16,19-22,25-26H2,1-3H3,(H3,41,42)(H,43,46)(H,44,47). The predicted molar refractivity (Wildman–Crippen MR) is 193 cm³/mol. The highest BCUT2D eigenvalue weighted by atomic mass is 16.6. The van der Waals surface area contributed by atoms with Crippen molar-refractivity contribution in [2.24, 2.45) is 11.7 Å². The largest absolute Gasteiger partial charge is 0.444 e. The summed E-state index contributed by atoms with van der Waals surface area (Å²) in [6.07, 6.45) is 10.8. The van der Waals surface area contributed by atoms with E-state index in [0.717, 1.165) is 62.6 Å². The minimum Gasteiger partial charge on any atom is -0.444 e. The Hall–Kier alpha value is -4.07. The van der Waals surface area contributed by atoms with Gasteiger partial charge in [0.1, 0.15) is 11.4 Å². The van der Waals surface area contributed by atoms with Crippen LogP contribution in [0.15, 0.2) is 60.7 Å². The summed E-state index contributed by atoms with van der Waals surface area (Å²) in [7, 11) is 0. The molecule has 2 fully saturated rings. The fourth-order valence-corrected chi connectivity index (χ4v) is 8.43. The quantitative estimate of drug-likeness (QED) is 0.154. The number of hydrogen-bond acceptors (Lipinski definition) is 5. The summed E-state index contributed by atoms with van der Waals surface area (Å²) in [6, 6.07) is 21.1.